The van der Waals surface area contributed by atoms with Crippen molar-refractivity contribution in [3.05, 3.63) is 42.2 Å². The van der Waals surface area contributed by atoms with Gasteiger partial charge >= 0.3 is 0 Å². The van der Waals surface area contributed by atoms with E-state index in [4.69, 9.17) is 0 Å². The SMILES string of the molecule is CCCN1CCN(c2ncc(NS(=O)(=O)c3ccc(C(C)C)cc3)cn2)CC1C. The smallest absolute Gasteiger partial charge is 0.261 e. The van der Waals surface area contributed by atoms with Crippen LogP contribution in [0.5, 0.6) is 0 Å². The van der Waals surface area contributed by atoms with Crippen molar-refractivity contribution in [3.8, 4) is 0 Å². The summed E-state index contributed by atoms with van der Waals surface area (Å²) in [6.07, 6.45) is 4.22. The fourth-order valence-electron chi connectivity index (χ4n) is 3.58. The Hall–Kier alpha value is -2.19. The van der Waals surface area contributed by atoms with Gasteiger partial charge in [0.15, 0.2) is 0 Å². The monoisotopic (exact) mass is 417 g/mol. The molecule has 1 aromatic heterocycles. The minimum atomic E-state index is -3.67. The third-order valence-corrected chi connectivity index (χ3v) is 6.70. The van der Waals surface area contributed by atoms with Gasteiger partial charge in [0, 0.05) is 25.7 Å². The third-order valence-electron chi connectivity index (χ3n) is 5.31. The second-order valence-corrected chi connectivity index (χ2v) is 9.61. The lowest BCUT2D eigenvalue weighted by molar-refractivity contribution is 0.189. The maximum atomic E-state index is 12.6. The zero-order valence-corrected chi connectivity index (χ0v) is 18.5. The summed E-state index contributed by atoms with van der Waals surface area (Å²) in [5.74, 6) is 0.990. The Bertz CT molecular complexity index is 898. The summed E-state index contributed by atoms with van der Waals surface area (Å²) in [4.78, 5) is 13.6. The van der Waals surface area contributed by atoms with Gasteiger partial charge < -0.3 is 4.90 Å². The van der Waals surface area contributed by atoms with Crippen LogP contribution in [0.4, 0.5) is 11.6 Å². The third kappa shape index (κ3) is 5.25. The van der Waals surface area contributed by atoms with Gasteiger partial charge in [0.1, 0.15) is 0 Å². The summed E-state index contributed by atoms with van der Waals surface area (Å²) in [6.45, 7) is 12.4. The van der Waals surface area contributed by atoms with Gasteiger partial charge in [-0.3, -0.25) is 9.62 Å². The molecule has 2 heterocycles. The lowest BCUT2D eigenvalue weighted by Crippen LogP contribution is -2.52. The number of nitrogens with one attached hydrogen (secondary N) is 1. The van der Waals surface area contributed by atoms with Crippen molar-refractivity contribution in [2.24, 2.45) is 0 Å². The lowest BCUT2D eigenvalue weighted by Gasteiger charge is -2.39. The van der Waals surface area contributed by atoms with Crippen molar-refractivity contribution in [1.29, 1.82) is 0 Å². The lowest BCUT2D eigenvalue weighted by atomic mass is 10.0. The molecule has 0 aliphatic carbocycles. The average molecular weight is 418 g/mol. The number of piperazine rings is 1. The van der Waals surface area contributed by atoms with Crippen molar-refractivity contribution < 1.29 is 8.42 Å². The normalized spacial score (nSPS) is 18.2. The van der Waals surface area contributed by atoms with Crippen molar-refractivity contribution in [2.75, 3.05) is 35.8 Å². The van der Waals surface area contributed by atoms with Gasteiger partial charge in [-0.25, -0.2) is 18.4 Å². The largest absolute Gasteiger partial charge is 0.338 e. The Kier molecular flexibility index (Phi) is 6.74. The van der Waals surface area contributed by atoms with Crippen LogP contribution in [0.3, 0.4) is 0 Å². The Morgan fingerprint density at radius 2 is 1.79 bits per heavy atom. The minimum absolute atomic E-state index is 0.229. The molecule has 1 N–H and O–H groups in total. The maximum absolute atomic E-state index is 12.6. The zero-order valence-electron chi connectivity index (χ0n) is 17.7. The topological polar surface area (TPSA) is 78.4 Å². The number of hydrogen-bond donors (Lipinski definition) is 1. The average Bonchev–Trinajstić information content (AvgIpc) is 2.70. The van der Waals surface area contributed by atoms with Crippen LogP contribution in [-0.4, -0.2) is 55.5 Å². The van der Waals surface area contributed by atoms with E-state index in [0.717, 1.165) is 38.2 Å². The van der Waals surface area contributed by atoms with E-state index in [9.17, 15) is 8.42 Å². The van der Waals surface area contributed by atoms with Crippen molar-refractivity contribution >= 4 is 21.7 Å². The van der Waals surface area contributed by atoms with Crippen molar-refractivity contribution in [2.45, 2.75) is 51.0 Å². The second-order valence-electron chi connectivity index (χ2n) is 7.93. The Labute approximate surface area is 174 Å². The van der Waals surface area contributed by atoms with Crippen LogP contribution in [0.15, 0.2) is 41.6 Å². The summed E-state index contributed by atoms with van der Waals surface area (Å²) in [5.41, 5.74) is 1.46. The number of aromatic nitrogens is 2. The molecule has 8 heteroatoms. The first-order valence-corrected chi connectivity index (χ1v) is 11.7. The van der Waals surface area contributed by atoms with E-state index in [1.807, 2.05) is 12.1 Å². The fraction of sp³-hybridized carbons (Fsp3) is 0.524. The highest BCUT2D eigenvalue weighted by atomic mass is 32.2. The van der Waals surface area contributed by atoms with Crippen LogP contribution in [0.1, 0.15) is 45.6 Å². The molecule has 1 aliphatic rings. The molecule has 1 saturated heterocycles. The van der Waals surface area contributed by atoms with Gasteiger partial charge in [-0.05, 0) is 43.5 Å². The van der Waals surface area contributed by atoms with Crippen LogP contribution in [0.25, 0.3) is 0 Å². The van der Waals surface area contributed by atoms with E-state index in [2.05, 4.69) is 52.2 Å². The van der Waals surface area contributed by atoms with Gasteiger partial charge in [-0.2, -0.15) is 0 Å². The zero-order chi connectivity index (χ0) is 21.0. The summed E-state index contributed by atoms with van der Waals surface area (Å²) in [6, 6.07) is 7.39. The summed E-state index contributed by atoms with van der Waals surface area (Å²) >= 11 is 0. The Morgan fingerprint density at radius 3 is 2.34 bits per heavy atom. The number of benzene rings is 1. The van der Waals surface area contributed by atoms with E-state index in [1.165, 1.54) is 12.4 Å². The number of rotatable bonds is 7. The molecule has 29 heavy (non-hydrogen) atoms. The van der Waals surface area contributed by atoms with Crippen molar-refractivity contribution in [1.82, 2.24) is 14.9 Å². The molecule has 1 atom stereocenters. The summed E-state index contributed by atoms with van der Waals surface area (Å²) in [7, 11) is -3.67. The minimum Gasteiger partial charge on any atom is -0.338 e. The number of anilines is 2. The van der Waals surface area contributed by atoms with Crippen LogP contribution < -0.4 is 9.62 Å². The first-order valence-electron chi connectivity index (χ1n) is 10.2. The van der Waals surface area contributed by atoms with Crippen molar-refractivity contribution in [3.63, 3.8) is 0 Å². The van der Waals surface area contributed by atoms with E-state index >= 15 is 0 Å². The molecule has 0 amide bonds. The van der Waals surface area contributed by atoms with Gasteiger partial charge in [0.2, 0.25) is 5.95 Å². The molecule has 1 aliphatic heterocycles. The second kappa shape index (κ2) is 9.09. The predicted molar refractivity (Wildman–Crippen MR) is 117 cm³/mol. The number of hydrogen-bond acceptors (Lipinski definition) is 6. The molecule has 158 valence electrons. The molecule has 0 spiro atoms. The molecule has 7 nitrogen and oxygen atoms in total. The molecule has 1 unspecified atom stereocenters. The van der Waals surface area contributed by atoms with Crippen LogP contribution in [-0.2, 0) is 10.0 Å². The van der Waals surface area contributed by atoms with Gasteiger partial charge in [-0.1, -0.05) is 32.9 Å². The van der Waals surface area contributed by atoms with E-state index in [1.54, 1.807) is 12.1 Å². The molecular formula is C21H31N5O2S. The summed E-state index contributed by atoms with van der Waals surface area (Å²) in [5, 5.41) is 0. The number of nitrogens with zero attached hydrogens (tertiary/aromatic N) is 4. The van der Waals surface area contributed by atoms with E-state index in [-0.39, 0.29) is 4.90 Å². The summed E-state index contributed by atoms with van der Waals surface area (Å²) < 4.78 is 27.8. The highest BCUT2D eigenvalue weighted by Crippen LogP contribution is 2.21. The molecule has 2 aromatic rings. The van der Waals surface area contributed by atoms with E-state index < -0.39 is 10.0 Å². The Balaban J connectivity index is 1.66. The number of sulfonamides is 1. The van der Waals surface area contributed by atoms with Gasteiger partial charge in [0.05, 0.1) is 23.0 Å². The predicted octanol–water partition coefficient (Wildman–Crippen LogP) is 3.32. The molecular weight excluding hydrogens is 386 g/mol. The van der Waals surface area contributed by atoms with Crippen LogP contribution in [0, 0.1) is 0 Å². The van der Waals surface area contributed by atoms with E-state index in [0.29, 0.717) is 23.6 Å². The molecule has 1 aromatic carbocycles. The molecule has 0 bridgehead atoms. The van der Waals surface area contributed by atoms with Crippen LogP contribution in [0.2, 0.25) is 0 Å². The molecule has 0 radical (unpaired) electrons. The molecule has 3 rings (SSSR count). The first-order chi connectivity index (χ1) is 13.8. The first kappa shape index (κ1) is 21.5. The van der Waals surface area contributed by atoms with Crippen LogP contribution >= 0.6 is 0 Å². The highest BCUT2D eigenvalue weighted by Gasteiger charge is 2.24. The molecule has 1 fully saturated rings. The Morgan fingerprint density at radius 1 is 1.14 bits per heavy atom. The quantitative estimate of drug-likeness (QED) is 0.745. The van der Waals surface area contributed by atoms with Gasteiger partial charge in [-0.15, -0.1) is 0 Å². The standard InChI is InChI=1S/C21H31N5O2S/c1-5-10-25-11-12-26(15-17(25)4)21-22-13-19(14-23-21)24-29(27,28)20-8-6-18(7-9-20)16(2)3/h6-9,13-14,16-17,24H,5,10-12,15H2,1-4H3. The maximum Gasteiger partial charge on any atom is 0.261 e. The fourth-order valence-corrected chi connectivity index (χ4v) is 4.61. The highest BCUT2D eigenvalue weighted by molar-refractivity contribution is 7.92. The van der Waals surface area contributed by atoms with Gasteiger partial charge in [0.25, 0.3) is 10.0 Å². The molecule has 0 saturated carbocycles.